The zero-order valence-electron chi connectivity index (χ0n) is 16.6. The van der Waals surface area contributed by atoms with Crippen LogP contribution >= 0.6 is 0 Å². The summed E-state index contributed by atoms with van der Waals surface area (Å²) in [5.74, 6) is -0.258. The van der Waals surface area contributed by atoms with Gasteiger partial charge in [-0.2, -0.15) is 0 Å². The van der Waals surface area contributed by atoms with Crippen molar-refractivity contribution in [3.8, 4) is 0 Å². The molecule has 0 radical (unpaired) electrons. The molecule has 4 heteroatoms. The van der Waals surface area contributed by atoms with E-state index in [0.29, 0.717) is 13.1 Å². The first-order valence-electron chi connectivity index (χ1n) is 9.57. The van der Waals surface area contributed by atoms with Gasteiger partial charge in [0, 0.05) is 24.8 Å². The molecule has 0 spiro atoms. The normalized spacial score (nSPS) is 13.6. The number of rotatable bonds is 5. The Hall–Kier alpha value is -2.62. The van der Waals surface area contributed by atoms with Crippen LogP contribution in [0.1, 0.15) is 38.8 Å². The second kappa shape index (κ2) is 7.55. The van der Waals surface area contributed by atoms with E-state index in [0.717, 1.165) is 17.7 Å². The van der Waals surface area contributed by atoms with Crippen LogP contribution in [0, 0.1) is 5.41 Å². The molecule has 142 valence electrons. The Bertz CT molecular complexity index is 827. The smallest absolute Gasteiger partial charge is 0.242 e. The minimum atomic E-state index is -1.11. The van der Waals surface area contributed by atoms with Crippen molar-refractivity contribution in [3.63, 3.8) is 0 Å². The van der Waals surface area contributed by atoms with Gasteiger partial charge in [0.2, 0.25) is 11.8 Å². The molecule has 2 aromatic carbocycles. The highest BCUT2D eigenvalue weighted by Crippen LogP contribution is 2.33. The van der Waals surface area contributed by atoms with Crippen molar-refractivity contribution in [1.82, 2.24) is 4.90 Å². The minimum absolute atomic E-state index is 0.00986. The molecule has 1 aliphatic heterocycles. The van der Waals surface area contributed by atoms with Gasteiger partial charge in [0.15, 0.2) is 0 Å². The summed E-state index contributed by atoms with van der Waals surface area (Å²) >= 11 is 0. The van der Waals surface area contributed by atoms with Crippen LogP contribution in [-0.4, -0.2) is 29.3 Å². The maximum atomic E-state index is 13.4. The summed E-state index contributed by atoms with van der Waals surface area (Å²) in [6.45, 7) is 8.62. The Morgan fingerprint density at radius 3 is 2.33 bits per heavy atom. The molecule has 0 saturated heterocycles. The summed E-state index contributed by atoms with van der Waals surface area (Å²) in [5.41, 5.74) is 2.05. The van der Waals surface area contributed by atoms with Gasteiger partial charge in [0.1, 0.15) is 5.41 Å². The van der Waals surface area contributed by atoms with Gasteiger partial charge in [-0.05, 0) is 51.3 Å². The number of hydrogen-bond donors (Lipinski definition) is 0. The standard InChI is InChI=1S/C23H28N2O2/c1-17(2)25(16-18-10-6-5-7-11-18)22(27)23(3,4)21(26)24-15-14-19-12-8-9-13-20(19)24/h5-13,17H,14-16H2,1-4H3. The number of fused-ring (bicyclic) bond motifs is 1. The third-order valence-electron chi connectivity index (χ3n) is 5.28. The van der Waals surface area contributed by atoms with Crippen molar-refractivity contribution in [2.75, 3.05) is 11.4 Å². The fourth-order valence-electron chi connectivity index (χ4n) is 3.61. The van der Waals surface area contributed by atoms with Crippen LogP contribution in [0.5, 0.6) is 0 Å². The van der Waals surface area contributed by atoms with Gasteiger partial charge >= 0.3 is 0 Å². The first kappa shape index (κ1) is 19.2. The van der Waals surface area contributed by atoms with E-state index in [9.17, 15) is 9.59 Å². The molecule has 0 bridgehead atoms. The van der Waals surface area contributed by atoms with Crippen LogP contribution in [-0.2, 0) is 22.6 Å². The van der Waals surface area contributed by atoms with Crippen molar-refractivity contribution in [2.24, 2.45) is 5.41 Å². The Morgan fingerprint density at radius 1 is 1.04 bits per heavy atom. The second-order valence-electron chi connectivity index (χ2n) is 7.97. The van der Waals surface area contributed by atoms with E-state index in [1.165, 1.54) is 5.56 Å². The molecule has 2 amide bonds. The molecule has 0 saturated carbocycles. The number of anilines is 1. The van der Waals surface area contributed by atoms with E-state index in [1.54, 1.807) is 23.6 Å². The van der Waals surface area contributed by atoms with Gasteiger partial charge in [-0.25, -0.2) is 0 Å². The zero-order valence-corrected chi connectivity index (χ0v) is 16.6. The third kappa shape index (κ3) is 3.75. The van der Waals surface area contributed by atoms with Crippen LogP contribution in [0.3, 0.4) is 0 Å². The average molecular weight is 364 g/mol. The Balaban J connectivity index is 1.83. The Morgan fingerprint density at radius 2 is 1.67 bits per heavy atom. The van der Waals surface area contributed by atoms with Gasteiger partial charge < -0.3 is 9.80 Å². The highest BCUT2D eigenvalue weighted by atomic mass is 16.2. The van der Waals surface area contributed by atoms with Gasteiger partial charge in [-0.3, -0.25) is 9.59 Å². The lowest BCUT2D eigenvalue weighted by Crippen LogP contribution is -2.52. The topological polar surface area (TPSA) is 40.6 Å². The Labute approximate surface area is 161 Å². The summed E-state index contributed by atoms with van der Waals surface area (Å²) in [4.78, 5) is 30.3. The van der Waals surface area contributed by atoms with Crippen molar-refractivity contribution < 1.29 is 9.59 Å². The monoisotopic (exact) mass is 364 g/mol. The molecule has 0 fully saturated rings. The lowest BCUT2D eigenvalue weighted by atomic mass is 9.88. The molecule has 1 aliphatic rings. The summed E-state index contributed by atoms with van der Waals surface area (Å²) < 4.78 is 0. The van der Waals surface area contributed by atoms with Gasteiger partial charge in [-0.15, -0.1) is 0 Å². The molecular weight excluding hydrogens is 336 g/mol. The van der Waals surface area contributed by atoms with Crippen molar-refractivity contribution in [2.45, 2.75) is 46.7 Å². The fraction of sp³-hybridized carbons (Fsp3) is 0.391. The predicted molar refractivity (Wildman–Crippen MR) is 108 cm³/mol. The molecule has 4 nitrogen and oxygen atoms in total. The quantitative estimate of drug-likeness (QED) is 0.751. The summed E-state index contributed by atoms with van der Waals surface area (Å²) in [5, 5.41) is 0. The molecule has 0 aliphatic carbocycles. The van der Waals surface area contributed by atoms with E-state index >= 15 is 0 Å². The van der Waals surface area contributed by atoms with Crippen molar-refractivity contribution in [1.29, 1.82) is 0 Å². The van der Waals surface area contributed by atoms with Gasteiger partial charge in [0.25, 0.3) is 0 Å². The molecule has 0 atom stereocenters. The number of carbonyl (C=O) groups is 2. The first-order valence-corrected chi connectivity index (χ1v) is 9.57. The second-order valence-corrected chi connectivity index (χ2v) is 7.97. The number of carbonyl (C=O) groups excluding carboxylic acids is 2. The molecule has 1 heterocycles. The molecule has 27 heavy (non-hydrogen) atoms. The molecule has 2 aromatic rings. The van der Waals surface area contributed by atoms with Crippen molar-refractivity contribution in [3.05, 3.63) is 65.7 Å². The largest absolute Gasteiger partial charge is 0.335 e. The van der Waals surface area contributed by atoms with E-state index in [2.05, 4.69) is 0 Å². The summed E-state index contributed by atoms with van der Waals surface area (Å²) in [6, 6.07) is 17.9. The first-order chi connectivity index (χ1) is 12.8. The van der Waals surface area contributed by atoms with Crippen LogP contribution in [0.25, 0.3) is 0 Å². The third-order valence-corrected chi connectivity index (χ3v) is 5.28. The number of hydrogen-bond acceptors (Lipinski definition) is 2. The van der Waals surface area contributed by atoms with Gasteiger partial charge in [0.05, 0.1) is 0 Å². The predicted octanol–water partition coefficient (Wildman–Crippen LogP) is 4.04. The zero-order chi connectivity index (χ0) is 19.6. The molecule has 0 aromatic heterocycles. The van der Waals surface area contributed by atoms with Crippen LogP contribution < -0.4 is 4.90 Å². The lowest BCUT2D eigenvalue weighted by Gasteiger charge is -2.36. The molecule has 0 N–H and O–H groups in total. The van der Waals surface area contributed by atoms with Crippen molar-refractivity contribution >= 4 is 17.5 Å². The number of benzene rings is 2. The molecular formula is C23H28N2O2. The van der Waals surface area contributed by atoms with E-state index in [1.807, 2.05) is 68.4 Å². The lowest BCUT2D eigenvalue weighted by molar-refractivity contribution is -0.149. The Kier molecular flexibility index (Phi) is 5.36. The SMILES string of the molecule is CC(C)N(Cc1ccccc1)C(=O)C(C)(C)C(=O)N1CCc2ccccc21. The molecule has 0 unspecified atom stereocenters. The summed E-state index contributed by atoms with van der Waals surface area (Å²) in [6.07, 6.45) is 0.837. The minimum Gasteiger partial charge on any atom is -0.335 e. The summed E-state index contributed by atoms with van der Waals surface area (Å²) in [7, 11) is 0. The molecule has 3 rings (SSSR count). The maximum Gasteiger partial charge on any atom is 0.242 e. The van der Waals surface area contributed by atoms with Crippen LogP contribution in [0.4, 0.5) is 5.69 Å². The highest BCUT2D eigenvalue weighted by Gasteiger charge is 2.44. The number of nitrogens with zero attached hydrogens (tertiary/aromatic N) is 2. The van der Waals surface area contributed by atoms with E-state index < -0.39 is 5.41 Å². The van der Waals surface area contributed by atoms with Crippen LogP contribution in [0.15, 0.2) is 54.6 Å². The van der Waals surface area contributed by atoms with E-state index in [-0.39, 0.29) is 17.9 Å². The highest BCUT2D eigenvalue weighted by molar-refractivity contribution is 6.11. The number of amides is 2. The fourth-order valence-corrected chi connectivity index (χ4v) is 3.61. The van der Waals surface area contributed by atoms with Crippen LogP contribution in [0.2, 0.25) is 0 Å². The van der Waals surface area contributed by atoms with Gasteiger partial charge in [-0.1, -0.05) is 48.5 Å². The average Bonchev–Trinajstić information content (AvgIpc) is 3.09. The number of para-hydroxylation sites is 1. The van der Waals surface area contributed by atoms with E-state index in [4.69, 9.17) is 0 Å². The maximum absolute atomic E-state index is 13.4.